The molecule has 1 fully saturated rings. The standard InChI is InChI=1S/C15H21NO2/c1-11(2)12-5-7-13(8-6-12)15(17)16-10-14-4-3-9-18-14/h5-8,11,14H,3-4,9-10H2,1-2H3,(H,16,17). The van der Waals surface area contributed by atoms with Gasteiger partial charge in [-0.15, -0.1) is 0 Å². The van der Waals surface area contributed by atoms with Crippen LogP contribution in [0.3, 0.4) is 0 Å². The monoisotopic (exact) mass is 247 g/mol. The van der Waals surface area contributed by atoms with Crippen LogP contribution in [0.2, 0.25) is 0 Å². The minimum atomic E-state index is -0.0131. The van der Waals surface area contributed by atoms with Crippen molar-refractivity contribution in [2.24, 2.45) is 0 Å². The lowest BCUT2D eigenvalue weighted by atomic mass is 10.0. The number of amides is 1. The molecule has 0 aliphatic carbocycles. The SMILES string of the molecule is CC(C)c1ccc(C(=O)NCC2CCCO2)cc1. The second-order valence-corrected chi connectivity index (χ2v) is 5.12. The van der Waals surface area contributed by atoms with E-state index in [1.165, 1.54) is 5.56 Å². The van der Waals surface area contributed by atoms with E-state index in [0.29, 0.717) is 12.5 Å². The highest BCUT2D eigenvalue weighted by Crippen LogP contribution is 2.15. The molecule has 1 atom stereocenters. The summed E-state index contributed by atoms with van der Waals surface area (Å²) in [6, 6.07) is 7.82. The number of benzene rings is 1. The lowest BCUT2D eigenvalue weighted by molar-refractivity contribution is 0.0858. The van der Waals surface area contributed by atoms with Crippen LogP contribution >= 0.6 is 0 Å². The predicted octanol–water partition coefficient (Wildman–Crippen LogP) is 2.72. The van der Waals surface area contributed by atoms with Gasteiger partial charge in [-0.05, 0) is 36.5 Å². The normalized spacial score (nSPS) is 19.2. The molecular formula is C15H21NO2. The van der Waals surface area contributed by atoms with E-state index in [9.17, 15) is 4.79 Å². The number of rotatable bonds is 4. The first-order chi connectivity index (χ1) is 8.66. The fourth-order valence-electron chi connectivity index (χ4n) is 2.13. The first kappa shape index (κ1) is 13.1. The molecule has 1 heterocycles. The molecule has 3 nitrogen and oxygen atoms in total. The van der Waals surface area contributed by atoms with E-state index in [1.54, 1.807) is 0 Å². The summed E-state index contributed by atoms with van der Waals surface area (Å²) < 4.78 is 5.48. The van der Waals surface area contributed by atoms with Gasteiger partial charge in [-0.25, -0.2) is 0 Å². The predicted molar refractivity (Wildman–Crippen MR) is 71.8 cm³/mol. The van der Waals surface area contributed by atoms with Gasteiger partial charge in [0, 0.05) is 18.7 Å². The molecule has 0 aromatic heterocycles. The quantitative estimate of drug-likeness (QED) is 0.888. The van der Waals surface area contributed by atoms with Crippen LogP contribution in [-0.2, 0) is 4.74 Å². The summed E-state index contributed by atoms with van der Waals surface area (Å²) in [6.07, 6.45) is 2.35. The maximum atomic E-state index is 11.9. The van der Waals surface area contributed by atoms with Crippen molar-refractivity contribution in [3.8, 4) is 0 Å². The molecule has 0 bridgehead atoms. The lowest BCUT2D eigenvalue weighted by Crippen LogP contribution is -2.31. The number of nitrogens with one attached hydrogen (secondary N) is 1. The van der Waals surface area contributed by atoms with Gasteiger partial charge in [0.15, 0.2) is 0 Å². The zero-order valence-electron chi connectivity index (χ0n) is 11.1. The van der Waals surface area contributed by atoms with E-state index < -0.39 is 0 Å². The lowest BCUT2D eigenvalue weighted by Gasteiger charge is -2.11. The Hall–Kier alpha value is -1.35. The number of ether oxygens (including phenoxy) is 1. The van der Waals surface area contributed by atoms with Gasteiger partial charge in [0.1, 0.15) is 0 Å². The Labute approximate surface area is 109 Å². The van der Waals surface area contributed by atoms with Crippen molar-refractivity contribution in [3.63, 3.8) is 0 Å². The van der Waals surface area contributed by atoms with Gasteiger partial charge in [-0.2, -0.15) is 0 Å². The van der Waals surface area contributed by atoms with Crippen LogP contribution < -0.4 is 5.32 Å². The van der Waals surface area contributed by atoms with Crippen molar-refractivity contribution in [2.75, 3.05) is 13.2 Å². The summed E-state index contributed by atoms with van der Waals surface area (Å²) in [5, 5.41) is 2.93. The van der Waals surface area contributed by atoms with E-state index >= 15 is 0 Å². The molecule has 0 spiro atoms. The average Bonchev–Trinajstić information content (AvgIpc) is 2.89. The zero-order valence-corrected chi connectivity index (χ0v) is 11.1. The van der Waals surface area contributed by atoms with Crippen LogP contribution in [0.1, 0.15) is 48.5 Å². The fraction of sp³-hybridized carbons (Fsp3) is 0.533. The third kappa shape index (κ3) is 3.33. The Bertz CT molecular complexity index is 391. The van der Waals surface area contributed by atoms with Crippen molar-refractivity contribution < 1.29 is 9.53 Å². The van der Waals surface area contributed by atoms with E-state index in [2.05, 4.69) is 19.2 Å². The third-order valence-electron chi connectivity index (χ3n) is 3.35. The van der Waals surface area contributed by atoms with Crippen LogP contribution in [0.4, 0.5) is 0 Å². The second kappa shape index (κ2) is 6.01. The van der Waals surface area contributed by atoms with Crippen LogP contribution in [0.25, 0.3) is 0 Å². The number of carbonyl (C=O) groups is 1. The summed E-state index contributed by atoms with van der Waals surface area (Å²) in [5.74, 6) is 0.481. The minimum Gasteiger partial charge on any atom is -0.376 e. The molecule has 98 valence electrons. The first-order valence-electron chi connectivity index (χ1n) is 6.66. The number of hydrogen-bond acceptors (Lipinski definition) is 2. The molecule has 3 heteroatoms. The topological polar surface area (TPSA) is 38.3 Å². The molecule has 2 rings (SSSR count). The van der Waals surface area contributed by atoms with Gasteiger partial charge < -0.3 is 10.1 Å². The maximum absolute atomic E-state index is 11.9. The highest BCUT2D eigenvalue weighted by Gasteiger charge is 2.16. The molecule has 0 radical (unpaired) electrons. The molecular weight excluding hydrogens is 226 g/mol. The highest BCUT2D eigenvalue weighted by atomic mass is 16.5. The smallest absolute Gasteiger partial charge is 0.251 e. The van der Waals surface area contributed by atoms with Crippen LogP contribution in [0.5, 0.6) is 0 Å². The minimum absolute atomic E-state index is 0.0131. The molecule has 1 aliphatic heterocycles. The van der Waals surface area contributed by atoms with E-state index in [-0.39, 0.29) is 12.0 Å². The average molecular weight is 247 g/mol. The third-order valence-corrected chi connectivity index (χ3v) is 3.35. The molecule has 1 aliphatic rings. The Kier molecular flexibility index (Phi) is 4.37. The molecule has 18 heavy (non-hydrogen) atoms. The Morgan fingerprint density at radius 1 is 1.39 bits per heavy atom. The van der Waals surface area contributed by atoms with Crippen molar-refractivity contribution >= 4 is 5.91 Å². The molecule has 1 amide bonds. The van der Waals surface area contributed by atoms with Crippen molar-refractivity contribution in [1.82, 2.24) is 5.32 Å². The molecule has 0 saturated carbocycles. The van der Waals surface area contributed by atoms with Crippen LogP contribution in [0, 0.1) is 0 Å². The number of carbonyl (C=O) groups excluding carboxylic acids is 1. The molecule has 1 aromatic rings. The van der Waals surface area contributed by atoms with Gasteiger partial charge in [0.2, 0.25) is 0 Å². The van der Waals surface area contributed by atoms with Crippen LogP contribution in [0.15, 0.2) is 24.3 Å². The van der Waals surface area contributed by atoms with E-state index in [0.717, 1.165) is 25.0 Å². The van der Waals surface area contributed by atoms with E-state index in [4.69, 9.17) is 4.74 Å². The van der Waals surface area contributed by atoms with Crippen molar-refractivity contribution in [2.45, 2.75) is 38.7 Å². The summed E-state index contributed by atoms with van der Waals surface area (Å²) in [4.78, 5) is 11.9. The van der Waals surface area contributed by atoms with Crippen molar-refractivity contribution in [1.29, 1.82) is 0 Å². The molecule has 1 N–H and O–H groups in total. The largest absolute Gasteiger partial charge is 0.376 e. The van der Waals surface area contributed by atoms with Gasteiger partial charge in [-0.1, -0.05) is 26.0 Å². The van der Waals surface area contributed by atoms with Gasteiger partial charge in [-0.3, -0.25) is 4.79 Å². The summed E-state index contributed by atoms with van der Waals surface area (Å²) in [6.45, 7) is 5.73. The fourth-order valence-corrected chi connectivity index (χ4v) is 2.13. The Balaban J connectivity index is 1.87. The molecule has 1 saturated heterocycles. The maximum Gasteiger partial charge on any atom is 0.251 e. The summed E-state index contributed by atoms with van der Waals surface area (Å²) >= 11 is 0. The Morgan fingerprint density at radius 3 is 2.67 bits per heavy atom. The number of hydrogen-bond donors (Lipinski definition) is 1. The molecule has 1 unspecified atom stereocenters. The second-order valence-electron chi connectivity index (χ2n) is 5.12. The van der Waals surface area contributed by atoms with Gasteiger partial charge in [0.25, 0.3) is 5.91 Å². The van der Waals surface area contributed by atoms with Gasteiger partial charge in [0.05, 0.1) is 6.10 Å². The Morgan fingerprint density at radius 2 is 2.11 bits per heavy atom. The van der Waals surface area contributed by atoms with E-state index in [1.807, 2.05) is 24.3 Å². The van der Waals surface area contributed by atoms with Crippen LogP contribution in [-0.4, -0.2) is 25.2 Å². The van der Waals surface area contributed by atoms with Gasteiger partial charge >= 0.3 is 0 Å². The highest BCUT2D eigenvalue weighted by molar-refractivity contribution is 5.94. The van der Waals surface area contributed by atoms with Crippen molar-refractivity contribution in [3.05, 3.63) is 35.4 Å². The first-order valence-corrected chi connectivity index (χ1v) is 6.66. The summed E-state index contributed by atoms with van der Waals surface area (Å²) in [5.41, 5.74) is 1.98. The zero-order chi connectivity index (χ0) is 13.0. The molecule has 1 aromatic carbocycles. The summed E-state index contributed by atoms with van der Waals surface area (Å²) in [7, 11) is 0.